The van der Waals surface area contributed by atoms with Crippen molar-refractivity contribution in [2.45, 2.75) is 65.3 Å². The highest BCUT2D eigenvalue weighted by molar-refractivity contribution is 5.66. The number of hydrogen-bond acceptors (Lipinski definition) is 4. The third kappa shape index (κ3) is 5.29. The fourth-order valence-electron chi connectivity index (χ4n) is 2.88. The number of ether oxygens (including phenoxy) is 1. The van der Waals surface area contributed by atoms with Gasteiger partial charge in [0.1, 0.15) is 12.2 Å². The average Bonchev–Trinajstić information content (AvgIpc) is 2.35. The lowest BCUT2D eigenvalue weighted by Crippen LogP contribution is -2.33. The first-order valence-corrected chi connectivity index (χ1v) is 7.60. The summed E-state index contributed by atoms with van der Waals surface area (Å²) >= 11 is 0. The van der Waals surface area contributed by atoms with E-state index in [0.717, 1.165) is 12.0 Å². The Kier molecular flexibility index (Phi) is 6.62. The molecule has 0 fully saturated rings. The molecule has 4 heteroatoms. The lowest BCUT2D eigenvalue weighted by molar-refractivity contribution is -0.147. The van der Waals surface area contributed by atoms with Crippen molar-refractivity contribution in [1.29, 1.82) is 0 Å². The smallest absolute Gasteiger partial charge is 0.303 e. The number of esters is 1. The summed E-state index contributed by atoms with van der Waals surface area (Å²) in [5, 5.41) is 20.1. The number of hydrogen-bond donors (Lipinski definition) is 2. The van der Waals surface area contributed by atoms with Crippen LogP contribution in [0.3, 0.4) is 0 Å². The van der Waals surface area contributed by atoms with E-state index in [1.807, 2.05) is 13.0 Å². The number of carbonyl (C=O) groups excluding carboxylic acids is 1. The van der Waals surface area contributed by atoms with Gasteiger partial charge >= 0.3 is 5.97 Å². The van der Waals surface area contributed by atoms with Crippen molar-refractivity contribution >= 4 is 5.97 Å². The van der Waals surface area contributed by atoms with Crippen LogP contribution in [0.15, 0.2) is 23.8 Å². The zero-order valence-corrected chi connectivity index (χ0v) is 13.5. The Balaban J connectivity index is 3.08. The van der Waals surface area contributed by atoms with E-state index >= 15 is 0 Å². The van der Waals surface area contributed by atoms with Crippen LogP contribution in [-0.4, -0.2) is 34.5 Å². The van der Waals surface area contributed by atoms with Gasteiger partial charge in [0.2, 0.25) is 0 Å². The second kappa shape index (κ2) is 7.76. The molecule has 0 aliphatic heterocycles. The van der Waals surface area contributed by atoms with Crippen LogP contribution >= 0.6 is 0 Å². The molecule has 0 aromatic carbocycles. The highest BCUT2D eigenvalue weighted by atomic mass is 16.5. The van der Waals surface area contributed by atoms with E-state index in [-0.39, 0.29) is 18.0 Å². The van der Waals surface area contributed by atoms with Crippen LogP contribution < -0.4 is 0 Å². The predicted octanol–water partition coefficient (Wildman–Crippen LogP) is 2.60. The van der Waals surface area contributed by atoms with Gasteiger partial charge in [0, 0.05) is 12.8 Å². The Hall–Kier alpha value is -1.13. The predicted molar refractivity (Wildman–Crippen MR) is 82.6 cm³/mol. The molecule has 0 saturated carbocycles. The molecule has 0 spiro atoms. The summed E-state index contributed by atoms with van der Waals surface area (Å²) in [6.45, 7) is 11.4. The van der Waals surface area contributed by atoms with E-state index in [9.17, 15) is 15.0 Å². The fourth-order valence-corrected chi connectivity index (χ4v) is 2.88. The molecule has 0 aromatic heterocycles. The van der Waals surface area contributed by atoms with Crippen molar-refractivity contribution in [3.05, 3.63) is 23.8 Å². The van der Waals surface area contributed by atoms with Gasteiger partial charge in [-0.1, -0.05) is 26.0 Å². The molecule has 0 aromatic rings. The first-order valence-electron chi connectivity index (χ1n) is 7.60. The summed E-state index contributed by atoms with van der Waals surface area (Å²) in [5.41, 5.74) is 1.55. The topological polar surface area (TPSA) is 66.8 Å². The molecule has 4 atom stereocenters. The van der Waals surface area contributed by atoms with Gasteiger partial charge in [0.15, 0.2) is 0 Å². The molecule has 4 unspecified atom stereocenters. The summed E-state index contributed by atoms with van der Waals surface area (Å²) in [6, 6.07) is 0. The van der Waals surface area contributed by atoms with Gasteiger partial charge in [-0.2, -0.15) is 0 Å². The standard InChI is InChI=1S/C17H28O4/c1-10(2)14-7-6-12(4)17(20)15(19)8-11(3)9-16(14)21-13(5)18/h9-10,14-17,19-20H,4,6-8H2,1-3,5H3. The van der Waals surface area contributed by atoms with Gasteiger partial charge in [-0.05, 0) is 43.8 Å². The van der Waals surface area contributed by atoms with Crippen LogP contribution in [0.1, 0.15) is 47.0 Å². The average molecular weight is 296 g/mol. The summed E-state index contributed by atoms with van der Waals surface area (Å²) in [6.07, 6.45) is 1.60. The molecule has 1 aliphatic rings. The summed E-state index contributed by atoms with van der Waals surface area (Å²) in [5.74, 6) is 0.210. The van der Waals surface area contributed by atoms with Crippen LogP contribution in [-0.2, 0) is 9.53 Å². The van der Waals surface area contributed by atoms with Crippen LogP contribution in [0, 0.1) is 11.8 Å². The van der Waals surface area contributed by atoms with Crippen molar-refractivity contribution in [1.82, 2.24) is 0 Å². The maximum Gasteiger partial charge on any atom is 0.303 e. The Labute approximate surface area is 127 Å². The molecule has 21 heavy (non-hydrogen) atoms. The normalized spacial score (nSPS) is 31.8. The minimum absolute atomic E-state index is 0.169. The molecular formula is C17H28O4. The molecule has 0 bridgehead atoms. The Morgan fingerprint density at radius 3 is 2.57 bits per heavy atom. The summed E-state index contributed by atoms with van der Waals surface area (Å²) < 4.78 is 5.48. The quantitative estimate of drug-likeness (QED) is 0.607. The van der Waals surface area contributed by atoms with E-state index in [4.69, 9.17) is 4.74 Å². The van der Waals surface area contributed by atoms with Crippen LogP contribution in [0.25, 0.3) is 0 Å². The largest absolute Gasteiger partial charge is 0.458 e. The van der Waals surface area contributed by atoms with Crippen molar-refractivity contribution in [3.63, 3.8) is 0 Å². The second-order valence-corrected chi connectivity index (χ2v) is 6.41. The number of aliphatic hydroxyl groups excluding tert-OH is 2. The third-order valence-electron chi connectivity index (χ3n) is 4.14. The van der Waals surface area contributed by atoms with Crippen LogP contribution in [0.4, 0.5) is 0 Å². The highest BCUT2D eigenvalue weighted by Crippen LogP contribution is 2.30. The van der Waals surface area contributed by atoms with Gasteiger partial charge in [0.25, 0.3) is 0 Å². The van der Waals surface area contributed by atoms with Crippen molar-refractivity contribution < 1.29 is 19.7 Å². The molecule has 120 valence electrons. The van der Waals surface area contributed by atoms with Gasteiger partial charge in [-0.15, -0.1) is 0 Å². The Bertz CT molecular complexity index is 411. The molecule has 0 amide bonds. The number of aliphatic hydroxyl groups is 2. The van der Waals surface area contributed by atoms with Gasteiger partial charge in [-0.25, -0.2) is 0 Å². The Morgan fingerprint density at radius 1 is 1.43 bits per heavy atom. The fraction of sp³-hybridized carbons (Fsp3) is 0.706. The minimum Gasteiger partial charge on any atom is -0.458 e. The van der Waals surface area contributed by atoms with Crippen molar-refractivity contribution in [3.8, 4) is 0 Å². The molecule has 2 N–H and O–H groups in total. The van der Waals surface area contributed by atoms with Gasteiger partial charge < -0.3 is 14.9 Å². The molecule has 1 aliphatic carbocycles. The minimum atomic E-state index is -0.897. The van der Waals surface area contributed by atoms with Gasteiger partial charge in [0.05, 0.1) is 6.10 Å². The molecule has 0 saturated heterocycles. The lowest BCUT2D eigenvalue weighted by atomic mass is 9.81. The first kappa shape index (κ1) is 17.9. The van der Waals surface area contributed by atoms with Crippen LogP contribution in [0.2, 0.25) is 0 Å². The maximum atomic E-state index is 11.4. The molecule has 1 rings (SSSR count). The molecular weight excluding hydrogens is 268 g/mol. The van der Waals surface area contributed by atoms with Crippen LogP contribution in [0.5, 0.6) is 0 Å². The lowest BCUT2D eigenvalue weighted by Gasteiger charge is -2.31. The molecule has 4 nitrogen and oxygen atoms in total. The zero-order valence-electron chi connectivity index (χ0n) is 13.5. The van der Waals surface area contributed by atoms with E-state index in [1.54, 1.807) is 0 Å². The summed E-state index contributed by atoms with van der Waals surface area (Å²) in [7, 11) is 0. The summed E-state index contributed by atoms with van der Waals surface area (Å²) in [4.78, 5) is 11.4. The van der Waals surface area contributed by atoms with E-state index in [1.165, 1.54) is 6.92 Å². The zero-order chi connectivity index (χ0) is 16.2. The third-order valence-corrected chi connectivity index (χ3v) is 4.14. The van der Waals surface area contributed by atoms with Gasteiger partial charge in [-0.3, -0.25) is 4.79 Å². The van der Waals surface area contributed by atoms with E-state index in [0.29, 0.717) is 24.3 Å². The Morgan fingerprint density at radius 2 is 2.05 bits per heavy atom. The molecule has 0 heterocycles. The monoisotopic (exact) mass is 296 g/mol. The molecule has 0 radical (unpaired) electrons. The number of rotatable bonds is 2. The van der Waals surface area contributed by atoms with Crippen molar-refractivity contribution in [2.24, 2.45) is 11.8 Å². The number of carbonyl (C=O) groups is 1. The van der Waals surface area contributed by atoms with E-state index in [2.05, 4.69) is 20.4 Å². The van der Waals surface area contributed by atoms with E-state index < -0.39 is 12.2 Å². The van der Waals surface area contributed by atoms with Crippen molar-refractivity contribution in [2.75, 3.05) is 0 Å². The first-order chi connectivity index (χ1) is 9.72. The second-order valence-electron chi connectivity index (χ2n) is 6.41. The highest BCUT2D eigenvalue weighted by Gasteiger charge is 2.29. The maximum absolute atomic E-state index is 11.4. The SMILES string of the molecule is C=C1CCC(C(C)C)C(OC(C)=O)C=C(C)CC(O)C1O.